The third kappa shape index (κ3) is 8.66. The number of amides is 2. The Balaban J connectivity index is 1.27. The second-order valence-electron chi connectivity index (χ2n) is 15.7. The van der Waals surface area contributed by atoms with E-state index in [2.05, 4.69) is 4.98 Å². The van der Waals surface area contributed by atoms with Crippen molar-refractivity contribution in [3.63, 3.8) is 0 Å². The lowest BCUT2D eigenvalue weighted by Crippen LogP contribution is -2.68. The first-order valence-corrected chi connectivity index (χ1v) is 20.4. The van der Waals surface area contributed by atoms with Gasteiger partial charge in [-0.25, -0.2) is 0 Å². The minimum atomic E-state index is -4.92. The first-order valence-electron chi connectivity index (χ1n) is 19.5. The molecular weight excluding hydrogens is 793 g/mol. The van der Waals surface area contributed by atoms with E-state index in [-0.39, 0.29) is 63.6 Å². The van der Waals surface area contributed by atoms with Gasteiger partial charge in [-0.2, -0.15) is 26.3 Å². The van der Waals surface area contributed by atoms with Crippen molar-refractivity contribution in [2.75, 3.05) is 19.6 Å². The molecule has 2 aromatic heterocycles. The van der Waals surface area contributed by atoms with Crippen molar-refractivity contribution in [1.29, 1.82) is 0 Å². The van der Waals surface area contributed by atoms with Crippen LogP contribution in [0, 0.1) is 5.41 Å². The molecule has 2 amide bonds. The van der Waals surface area contributed by atoms with Gasteiger partial charge in [-0.15, -0.1) is 11.3 Å². The average molecular weight is 840 g/mol. The van der Waals surface area contributed by atoms with Crippen LogP contribution in [0.3, 0.4) is 0 Å². The van der Waals surface area contributed by atoms with Crippen LogP contribution in [-0.4, -0.2) is 80.2 Å². The van der Waals surface area contributed by atoms with Gasteiger partial charge in [-0.1, -0.05) is 38.0 Å². The van der Waals surface area contributed by atoms with E-state index in [1.165, 1.54) is 4.90 Å². The number of benzene rings is 1. The lowest BCUT2D eigenvalue weighted by Gasteiger charge is -2.51. The zero-order valence-electron chi connectivity index (χ0n) is 32.2. The topological polar surface area (TPSA) is 130 Å². The van der Waals surface area contributed by atoms with Crippen LogP contribution in [-0.2, 0) is 27.5 Å². The molecule has 0 radical (unpaired) electrons. The number of aromatic nitrogens is 1. The molecule has 58 heavy (non-hydrogen) atoms. The van der Waals surface area contributed by atoms with Crippen molar-refractivity contribution in [3.05, 3.63) is 75.7 Å². The van der Waals surface area contributed by atoms with Crippen LogP contribution in [0.4, 0.5) is 26.3 Å². The van der Waals surface area contributed by atoms with E-state index >= 15 is 0 Å². The minimum absolute atomic E-state index is 0.0202. The molecule has 316 valence electrons. The second-order valence-corrected chi connectivity index (χ2v) is 16.6. The van der Waals surface area contributed by atoms with Crippen LogP contribution in [0.25, 0.3) is 0 Å². The number of hydrogen-bond acceptors (Lipinski definition) is 8. The van der Waals surface area contributed by atoms with E-state index in [1.807, 2.05) is 6.92 Å². The molecule has 3 aromatic rings. The number of ether oxygens (including phenoxy) is 2. The summed E-state index contributed by atoms with van der Waals surface area (Å²) in [5, 5.41) is 23.0. The van der Waals surface area contributed by atoms with Gasteiger partial charge in [0.15, 0.2) is 0 Å². The molecule has 10 nitrogen and oxygen atoms in total. The van der Waals surface area contributed by atoms with E-state index in [0.29, 0.717) is 54.8 Å². The van der Waals surface area contributed by atoms with E-state index in [0.717, 1.165) is 41.1 Å². The summed E-state index contributed by atoms with van der Waals surface area (Å²) in [5.41, 5.74) is -5.87. The van der Waals surface area contributed by atoms with Crippen LogP contribution >= 0.6 is 11.3 Å². The number of rotatable bonds is 13. The molecule has 4 heterocycles. The Bertz CT molecular complexity index is 1960. The second kappa shape index (κ2) is 16.7. The summed E-state index contributed by atoms with van der Waals surface area (Å²) in [5.74, 6) is -2.42. The van der Waals surface area contributed by atoms with Crippen LogP contribution in [0.5, 0.6) is 11.5 Å². The molecule has 2 aliphatic heterocycles. The summed E-state index contributed by atoms with van der Waals surface area (Å²) in [6.45, 7) is 3.46. The van der Waals surface area contributed by atoms with Crippen molar-refractivity contribution in [2.45, 2.75) is 120 Å². The molecule has 1 aromatic carbocycles. The smallest absolute Gasteiger partial charge is 0.425 e. The summed E-state index contributed by atoms with van der Waals surface area (Å²) in [7, 11) is 0. The van der Waals surface area contributed by atoms with Crippen molar-refractivity contribution in [3.8, 4) is 11.5 Å². The molecule has 17 heteroatoms. The lowest BCUT2D eigenvalue weighted by molar-refractivity contribution is -0.163. The fourth-order valence-electron chi connectivity index (χ4n) is 8.58. The number of carboxylic acid groups (broad SMARTS) is 1. The highest BCUT2D eigenvalue weighted by molar-refractivity contribution is 7.10. The van der Waals surface area contributed by atoms with Crippen molar-refractivity contribution in [2.24, 2.45) is 5.41 Å². The van der Waals surface area contributed by atoms with Crippen LogP contribution in [0.15, 0.2) is 54.0 Å². The molecule has 0 unspecified atom stereocenters. The monoisotopic (exact) mass is 839 g/mol. The Labute approximate surface area is 336 Å². The third-order valence-electron chi connectivity index (χ3n) is 11.9. The molecule has 2 N–H and O–H groups in total. The van der Waals surface area contributed by atoms with Gasteiger partial charge in [0.1, 0.15) is 22.1 Å². The number of carbonyl (C=O) groups excluding carboxylic acids is 2. The number of alkyl halides is 6. The number of halogens is 6. The van der Waals surface area contributed by atoms with Gasteiger partial charge >= 0.3 is 18.3 Å². The zero-order chi connectivity index (χ0) is 42.1. The highest BCUT2D eigenvalue weighted by atomic mass is 32.1. The highest BCUT2D eigenvalue weighted by Gasteiger charge is 2.57. The van der Waals surface area contributed by atoms with E-state index < -0.39 is 68.9 Å². The lowest BCUT2D eigenvalue weighted by atomic mass is 9.66. The van der Waals surface area contributed by atoms with Gasteiger partial charge in [-0.05, 0) is 76.5 Å². The summed E-state index contributed by atoms with van der Waals surface area (Å²) in [4.78, 5) is 46.3. The van der Waals surface area contributed by atoms with E-state index in [4.69, 9.17) is 9.47 Å². The number of aliphatic hydroxyl groups is 1. The van der Waals surface area contributed by atoms with Crippen molar-refractivity contribution in [1.82, 2.24) is 14.8 Å². The molecule has 3 atom stereocenters. The number of carbonyl (C=O) groups is 3. The number of likely N-dealkylation sites (tertiary alicyclic amines) is 2. The zero-order valence-corrected chi connectivity index (χ0v) is 33.0. The number of hydrogen-bond donors (Lipinski definition) is 2. The summed E-state index contributed by atoms with van der Waals surface area (Å²) in [6.07, 6.45) is -5.45. The molecule has 0 bridgehead atoms. The fourth-order valence-corrected chi connectivity index (χ4v) is 9.25. The predicted molar refractivity (Wildman–Crippen MR) is 200 cm³/mol. The summed E-state index contributed by atoms with van der Waals surface area (Å²) >= 11 is 0.365. The van der Waals surface area contributed by atoms with Gasteiger partial charge < -0.3 is 29.5 Å². The minimum Gasteiger partial charge on any atom is -0.490 e. The molecule has 6 rings (SSSR count). The van der Waals surface area contributed by atoms with Gasteiger partial charge in [-0.3, -0.25) is 19.4 Å². The van der Waals surface area contributed by atoms with Gasteiger partial charge in [0, 0.05) is 49.3 Å². The Morgan fingerprint density at radius 1 is 0.966 bits per heavy atom. The van der Waals surface area contributed by atoms with E-state index in [9.17, 15) is 50.9 Å². The Hall–Kier alpha value is -4.38. The summed E-state index contributed by atoms with van der Waals surface area (Å²) < 4.78 is 96.1. The number of aliphatic carboxylic acids is 1. The molecule has 3 aliphatic rings. The van der Waals surface area contributed by atoms with Crippen LogP contribution in [0.1, 0.15) is 111 Å². The van der Waals surface area contributed by atoms with Gasteiger partial charge in [0.25, 0.3) is 11.8 Å². The Morgan fingerprint density at radius 3 is 2.28 bits per heavy atom. The number of piperidine rings is 2. The van der Waals surface area contributed by atoms with Gasteiger partial charge in [0.2, 0.25) is 5.60 Å². The number of thiophene rings is 1. The first kappa shape index (κ1) is 43.2. The number of carboxylic acids is 1. The number of para-hydroxylation sites is 1. The van der Waals surface area contributed by atoms with Crippen molar-refractivity contribution >= 4 is 29.1 Å². The third-order valence-corrected chi connectivity index (χ3v) is 12.9. The molecule has 2 saturated heterocycles. The Morgan fingerprint density at radius 2 is 1.67 bits per heavy atom. The maximum absolute atomic E-state index is 15.0. The normalized spacial score (nSPS) is 22.5. The largest absolute Gasteiger partial charge is 0.490 e. The standard InChI is InChI=1S/C41H47F6N3O7S/c1-3-9-31-39(57-27-24-32(58-25-27)41(45,46)47,16-8-21-50(31)34(51)33-29(40(42,43)44)11-6-20-48-33)35(52)49-22-18-38(55,19-23-49)28-10-4-5-12-30(28)56-26(2)13-17-37(36(53)54)14-7-15-37/h4-6,10-12,20,24-26,31,55H,3,7-9,13-19,21-23H2,1-2H3,(H,53,54)/t26-,31-,39+/m1/s1. The highest BCUT2D eigenvalue weighted by Crippen LogP contribution is 2.47. The summed E-state index contributed by atoms with van der Waals surface area (Å²) in [6, 6.07) is 8.29. The maximum atomic E-state index is 15.0. The van der Waals surface area contributed by atoms with Crippen molar-refractivity contribution < 1.29 is 60.4 Å². The SMILES string of the molecule is CCC[C@H]1N(C(=O)c2ncccc2C(F)(F)F)CCC[C@@]1(Oc1csc(C(F)(F)F)c1)C(=O)N1CCC(O)(c2ccccc2O[C@H](C)CCC2(C(=O)O)CCC2)CC1. The van der Waals surface area contributed by atoms with Crippen LogP contribution < -0.4 is 9.47 Å². The predicted octanol–water partition coefficient (Wildman–Crippen LogP) is 8.72. The average Bonchev–Trinajstić information content (AvgIpc) is 3.64. The quantitative estimate of drug-likeness (QED) is 0.164. The number of nitrogens with zero attached hydrogens (tertiary/aromatic N) is 3. The maximum Gasteiger partial charge on any atom is 0.425 e. The van der Waals surface area contributed by atoms with Gasteiger partial charge in [0.05, 0.1) is 28.7 Å². The molecule has 0 spiro atoms. The number of pyridine rings is 1. The van der Waals surface area contributed by atoms with E-state index in [1.54, 1.807) is 31.2 Å². The Kier molecular flexibility index (Phi) is 12.4. The fraction of sp³-hybridized carbons (Fsp3) is 0.561. The molecule has 1 aliphatic carbocycles. The van der Waals surface area contributed by atoms with Crippen LogP contribution in [0.2, 0.25) is 0 Å². The molecular formula is C41H47F6N3O7S. The molecule has 1 saturated carbocycles. The molecule has 3 fully saturated rings. The first-order chi connectivity index (χ1) is 27.3.